The molecule has 0 radical (unpaired) electrons. The zero-order valence-electron chi connectivity index (χ0n) is 12.1. The van der Waals surface area contributed by atoms with Gasteiger partial charge in [0.15, 0.2) is 5.60 Å². The van der Waals surface area contributed by atoms with Crippen molar-refractivity contribution >= 4 is 11.6 Å². The lowest BCUT2D eigenvalue weighted by atomic mass is 10.0. The van der Waals surface area contributed by atoms with E-state index in [1.165, 1.54) is 0 Å². The molecule has 0 bridgehead atoms. The maximum atomic E-state index is 12.5. The molecule has 1 heterocycles. The molecule has 0 unspecified atom stereocenters. The minimum absolute atomic E-state index is 0.0000940. The number of nitrogens with two attached hydrogens (primary N) is 1. The van der Waals surface area contributed by atoms with Crippen molar-refractivity contribution in [3.63, 3.8) is 0 Å². The summed E-state index contributed by atoms with van der Waals surface area (Å²) in [5.41, 5.74) is 6.76. The highest BCUT2D eigenvalue weighted by Crippen LogP contribution is 2.39. The molecule has 0 saturated carbocycles. The second-order valence-corrected chi connectivity index (χ2v) is 5.72. The molecule has 1 aliphatic heterocycles. The van der Waals surface area contributed by atoms with Crippen molar-refractivity contribution < 1.29 is 9.53 Å². The topological polar surface area (TPSA) is 55.6 Å². The van der Waals surface area contributed by atoms with Crippen LogP contribution in [0.2, 0.25) is 0 Å². The third-order valence-electron chi connectivity index (χ3n) is 3.33. The van der Waals surface area contributed by atoms with Gasteiger partial charge in [0.2, 0.25) is 0 Å². The Balaban J connectivity index is 2.51. The monoisotopic (exact) mass is 262 g/mol. The number of anilines is 1. The summed E-state index contributed by atoms with van der Waals surface area (Å²) in [6.07, 6.45) is 0.802. The standard InChI is InChI=1S/C15H22N2O2/c1-10(2)17-12-9-11(7-8-16)5-6-13(12)19-15(3,4)14(17)18/h5-6,9-10H,7-8,16H2,1-4H3. The Kier molecular flexibility index (Phi) is 3.54. The van der Waals surface area contributed by atoms with Gasteiger partial charge in [-0.15, -0.1) is 0 Å². The van der Waals surface area contributed by atoms with E-state index in [4.69, 9.17) is 10.5 Å². The summed E-state index contributed by atoms with van der Waals surface area (Å²) in [5.74, 6) is 0.763. The molecule has 1 aliphatic rings. The van der Waals surface area contributed by atoms with E-state index in [-0.39, 0.29) is 11.9 Å². The van der Waals surface area contributed by atoms with Crippen LogP contribution in [0.3, 0.4) is 0 Å². The Morgan fingerprint density at radius 2 is 2.05 bits per heavy atom. The number of ether oxygens (including phenoxy) is 1. The summed E-state index contributed by atoms with van der Waals surface area (Å²) in [6.45, 7) is 8.24. The molecule has 1 aromatic carbocycles. The summed E-state index contributed by atoms with van der Waals surface area (Å²) in [5, 5.41) is 0. The third-order valence-corrected chi connectivity index (χ3v) is 3.33. The molecule has 4 nitrogen and oxygen atoms in total. The number of fused-ring (bicyclic) bond motifs is 1. The highest BCUT2D eigenvalue weighted by molar-refractivity contribution is 6.02. The number of amides is 1. The number of hydrogen-bond acceptors (Lipinski definition) is 3. The second-order valence-electron chi connectivity index (χ2n) is 5.72. The minimum atomic E-state index is -0.813. The lowest BCUT2D eigenvalue weighted by Gasteiger charge is -2.41. The first-order valence-corrected chi connectivity index (χ1v) is 6.72. The van der Waals surface area contributed by atoms with Gasteiger partial charge in [0.25, 0.3) is 5.91 Å². The van der Waals surface area contributed by atoms with Crippen molar-refractivity contribution in [3.8, 4) is 5.75 Å². The van der Waals surface area contributed by atoms with Gasteiger partial charge in [0.05, 0.1) is 5.69 Å². The summed E-state index contributed by atoms with van der Waals surface area (Å²) >= 11 is 0. The fourth-order valence-corrected chi connectivity index (χ4v) is 2.39. The van der Waals surface area contributed by atoms with Gasteiger partial charge in [-0.05, 0) is 58.4 Å². The van der Waals surface area contributed by atoms with Crippen molar-refractivity contribution in [2.75, 3.05) is 11.4 Å². The van der Waals surface area contributed by atoms with E-state index in [1.54, 1.807) is 13.8 Å². The van der Waals surface area contributed by atoms with Gasteiger partial charge >= 0.3 is 0 Å². The first-order valence-electron chi connectivity index (χ1n) is 6.72. The van der Waals surface area contributed by atoms with Crippen LogP contribution in [-0.2, 0) is 11.2 Å². The van der Waals surface area contributed by atoms with Crippen LogP contribution in [0, 0.1) is 0 Å². The van der Waals surface area contributed by atoms with E-state index in [0.717, 1.165) is 23.4 Å². The van der Waals surface area contributed by atoms with Crippen molar-refractivity contribution in [2.45, 2.75) is 45.8 Å². The fraction of sp³-hybridized carbons (Fsp3) is 0.533. The number of hydrogen-bond donors (Lipinski definition) is 1. The molecule has 104 valence electrons. The average Bonchev–Trinajstić information content (AvgIpc) is 2.31. The van der Waals surface area contributed by atoms with Gasteiger partial charge in [-0.2, -0.15) is 0 Å². The number of carbonyl (C=O) groups is 1. The quantitative estimate of drug-likeness (QED) is 0.907. The fourth-order valence-electron chi connectivity index (χ4n) is 2.39. The van der Waals surface area contributed by atoms with Crippen LogP contribution < -0.4 is 15.4 Å². The van der Waals surface area contributed by atoms with Crippen LogP contribution in [0.4, 0.5) is 5.69 Å². The minimum Gasteiger partial charge on any atom is -0.476 e. The van der Waals surface area contributed by atoms with Crippen LogP contribution in [0.5, 0.6) is 5.75 Å². The molecule has 0 saturated heterocycles. The maximum absolute atomic E-state index is 12.5. The van der Waals surface area contributed by atoms with Crippen molar-refractivity contribution in [2.24, 2.45) is 5.73 Å². The molecule has 2 rings (SSSR count). The summed E-state index contributed by atoms with van der Waals surface area (Å²) in [6, 6.07) is 6.05. The molecule has 19 heavy (non-hydrogen) atoms. The lowest BCUT2D eigenvalue weighted by molar-refractivity contribution is -0.133. The third kappa shape index (κ3) is 2.45. The highest BCUT2D eigenvalue weighted by atomic mass is 16.5. The lowest BCUT2D eigenvalue weighted by Crippen LogP contribution is -2.54. The predicted octanol–water partition coefficient (Wildman–Crippen LogP) is 2.10. The van der Waals surface area contributed by atoms with E-state index in [1.807, 2.05) is 36.9 Å². The molecular weight excluding hydrogens is 240 g/mol. The smallest absolute Gasteiger partial charge is 0.270 e. The van der Waals surface area contributed by atoms with Crippen LogP contribution in [0.25, 0.3) is 0 Å². The molecule has 0 spiro atoms. The molecule has 0 fully saturated rings. The highest BCUT2D eigenvalue weighted by Gasteiger charge is 2.41. The Morgan fingerprint density at radius 3 is 2.63 bits per heavy atom. The maximum Gasteiger partial charge on any atom is 0.270 e. The van der Waals surface area contributed by atoms with E-state index < -0.39 is 5.60 Å². The normalized spacial score (nSPS) is 17.4. The molecule has 1 aromatic rings. The van der Waals surface area contributed by atoms with E-state index >= 15 is 0 Å². The van der Waals surface area contributed by atoms with Crippen LogP contribution in [0.15, 0.2) is 18.2 Å². The van der Waals surface area contributed by atoms with Gasteiger partial charge in [-0.25, -0.2) is 0 Å². The van der Waals surface area contributed by atoms with Gasteiger partial charge in [0.1, 0.15) is 5.75 Å². The SMILES string of the molecule is CC(C)N1C(=O)C(C)(C)Oc2ccc(CCN)cc21. The zero-order chi connectivity index (χ0) is 14.2. The van der Waals surface area contributed by atoms with Gasteiger partial charge in [0, 0.05) is 6.04 Å². The predicted molar refractivity (Wildman–Crippen MR) is 76.5 cm³/mol. The zero-order valence-corrected chi connectivity index (χ0v) is 12.1. The van der Waals surface area contributed by atoms with Crippen LogP contribution >= 0.6 is 0 Å². The number of benzene rings is 1. The number of rotatable bonds is 3. The average molecular weight is 262 g/mol. The van der Waals surface area contributed by atoms with Crippen molar-refractivity contribution in [1.82, 2.24) is 0 Å². The summed E-state index contributed by atoms with van der Waals surface area (Å²) in [7, 11) is 0. The Bertz CT molecular complexity index is 495. The van der Waals surface area contributed by atoms with E-state index in [9.17, 15) is 4.79 Å². The van der Waals surface area contributed by atoms with Crippen LogP contribution in [-0.4, -0.2) is 24.1 Å². The van der Waals surface area contributed by atoms with E-state index in [0.29, 0.717) is 6.54 Å². The van der Waals surface area contributed by atoms with Gasteiger partial charge in [-0.3, -0.25) is 4.79 Å². The number of carbonyl (C=O) groups excluding carboxylic acids is 1. The molecule has 0 aromatic heterocycles. The van der Waals surface area contributed by atoms with Gasteiger partial charge in [-0.1, -0.05) is 6.07 Å². The first kappa shape index (κ1) is 13.9. The Labute approximate surface area is 114 Å². The molecule has 2 N–H and O–H groups in total. The largest absolute Gasteiger partial charge is 0.476 e. The number of nitrogens with zero attached hydrogens (tertiary/aromatic N) is 1. The van der Waals surface area contributed by atoms with Gasteiger partial charge < -0.3 is 15.4 Å². The molecular formula is C15H22N2O2. The summed E-state index contributed by atoms with van der Waals surface area (Å²) in [4.78, 5) is 14.3. The van der Waals surface area contributed by atoms with Crippen molar-refractivity contribution in [3.05, 3.63) is 23.8 Å². The second kappa shape index (κ2) is 4.85. The van der Waals surface area contributed by atoms with E-state index in [2.05, 4.69) is 0 Å². The molecule has 4 heteroatoms. The first-order chi connectivity index (χ1) is 8.86. The summed E-state index contributed by atoms with van der Waals surface area (Å²) < 4.78 is 5.82. The molecule has 0 aliphatic carbocycles. The van der Waals surface area contributed by atoms with Crippen LogP contribution in [0.1, 0.15) is 33.3 Å². The Hall–Kier alpha value is -1.55. The Morgan fingerprint density at radius 1 is 1.37 bits per heavy atom. The van der Waals surface area contributed by atoms with Crippen molar-refractivity contribution in [1.29, 1.82) is 0 Å². The molecule has 0 atom stereocenters. The molecule has 1 amide bonds.